The zero-order valence-corrected chi connectivity index (χ0v) is 15.3. The molecule has 0 radical (unpaired) electrons. The van der Waals surface area contributed by atoms with Crippen LogP contribution in [0.1, 0.15) is 31.1 Å². The number of aryl methyl sites for hydroxylation is 1. The number of fused-ring (bicyclic) bond motifs is 1. The number of nitrogens with two attached hydrogens (primary N) is 1. The van der Waals surface area contributed by atoms with E-state index in [0.717, 1.165) is 23.6 Å². The second-order valence-corrected chi connectivity index (χ2v) is 6.71. The van der Waals surface area contributed by atoms with E-state index in [-0.39, 0.29) is 24.8 Å². The molecule has 0 saturated carbocycles. The van der Waals surface area contributed by atoms with E-state index < -0.39 is 0 Å². The van der Waals surface area contributed by atoms with Crippen molar-refractivity contribution in [2.75, 3.05) is 26.2 Å². The topological polar surface area (TPSA) is 46.8 Å². The Morgan fingerprint density at radius 1 is 1.18 bits per heavy atom. The van der Waals surface area contributed by atoms with Crippen LogP contribution in [0.15, 0.2) is 12.4 Å². The number of nitrogens with one attached hydrogen (secondary N) is 1. The van der Waals surface area contributed by atoms with Gasteiger partial charge in [0.25, 0.3) is 0 Å². The second kappa shape index (κ2) is 9.63. The van der Waals surface area contributed by atoms with Crippen molar-refractivity contribution in [3.05, 3.63) is 17.3 Å². The fraction of sp³-hybridized carbons (Fsp3) is 0.600. The molecule has 1 aliphatic heterocycles. The molecule has 1 aliphatic rings. The first-order valence-corrected chi connectivity index (χ1v) is 8.58. The van der Waals surface area contributed by atoms with E-state index in [0.29, 0.717) is 0 Å². The summed E-state index contributed by atoms with van der Waals surface area (Å²) in [6, 6.07) is 2.26. The quantitative estimate of drug-likeness (QED) is 0.557. The Balaban J connectivity index is 0.00000121. The third kappa shape index (κ3) is 4.77. The Labute approximate surface area is 148 Å². The summed E-state index contributed by atoms with van der Waals surface area (Å²) in [5.41, 5.74) is 0. The minimum atomic E-state index is 0. The smallest absolute Gasteiger partial charge is 0.236 e. The summed E-state index contributed by atoms with van der Waals surface area (Å²) < 4.78 is 0. The van der Waals surface area contributed by atoms with E-state index in [2.05, 4.69) is 28.3 Å². The molecule has 3 N–H and O–H groups in total. The van der Waals surface area contributed by atoms with Crippen LogP contribution >= 0.6 is 11.3 Å². The van der Waals surface area contributed by atoms with Crippen LogP contribution in [0.4, 0.5) is 5.82 Å². The monoisotopic (exact) mass is 362 g/mol. The summed E-state index contributed by atoms with van der Waals surface area (Å²) in [6.45, 7) is 7.27. The minimum Gasteiger partial charge on any atom is -1.00 e. The third-order valence-corrected chi connectivity index (χ3v) is 5.34. The van der Waals surface area contributed by atoms with E-state index in [1.165, 1.54) is 49.2 Å². The van der Waals surface area contributed by atoms with Crippen molar-refractivity contribution in [2.24, 2.45) is 0 Å². The fourth-order valence-electron chi connectivity index (χ4n) is 2.98. The Morgan fingerprint density at radius 2 is 1.95 bits per heavy atom. The predicted octanol–water partition coefficient (Wildman–Crippen LogP) is -5.47. The maximum Gasteiger partial charge on any atom is 0.236 e. The van der Waals surface area contributed by atoms with Crippen molar-refractivity contribution in [3.63, 3.8) is 0 Å². The van der Waals surface area contributed by atoms with Crippen LogP contribution in [0.5, 0.6) is 0 Å². The lowest BCUT2D eigenvalue weighted by molar-refractivity contribution is -0.914. The van der Waals surface area contributed by atoms with Gasteiger partial charge in [-0.3, -0.25) is 5.32 Å². The van der Waals surface area contributed by atoms with E-state index in [1.54, 1.807) is 22.6 Å². The molecule has 0 amide bonds. The molecule has 2 aromatic heterocycles. The van der Waals surface area contributed by atoms with E-state index in [9.17, 15) is 0 Å². The highest BCUT2D eigenvalue weighted by atomic mass is 35.5. The number of thiophene rings is 1. The molecule has 22 heavy (non-hydrogen) atoms. The van der Waals surface area contributed by atoms with Gasteiger partial charge in [-0.25, -0.2) is 4.98 Å². The molecule has 0 atom stereocenters. The molecule has 2 aromatic rings. The van der Waals surface area contributed by atoms with Crippen LogP contribution in [0.3, 0.4) is 0 Å². The summed E-state index contributed by atoms with van der Waals surface area (Å²) in [5, 5.41) is 3.54. The lowest BCUT2D eigenvalue weighted by Crippen LogP contribution is -3.15. The molecule has 1 saturated heterocycles. The van der Waals surface area contributed by atoms with E-state index in [1.807, 2.05) is 0 Å². The molecule has 3 heterocycles. The number of quaternary nitrogens is 2. The van der Waals surface area contributed by atoms with Gasteiger partial charge in [0.1, 0.15) is 24.2 Å². The van der Waals surface area contributed by atoms with Gasteiger partial charge in [0, 0.05) is 4.88 Å². The average molecular weight is 363 g/mol. The normalized spacial score (nSPS) is 15.3. The molecule has 3 rings (SSSR count). The molecular weight excluding hydrogens is 339 g/mol. The number of nitrogens with zero attached hydrogens (tertiary/aromatic N) is 2. The molecular formula is C15H24Cl2N4S. The lowest BCUT2D eigenvalue weighted by atomic mass is 10.1. The largest absolute Gasteiger partial charge is 1.00 e. The zero-order valence-electron chi connectivity index (χ0n) is 12.9. The van der Waals surface area contributed by atoms with Crippen molar-refractivity contribution in [2.45, 2.75) is 32.6 Å². The molecule has 0 aromatic carbocycles. The SMILES string of the molecule is CCc1cc2c([NH2+]CC[NH+]3CCCCC3)ncnc2s1.[Cl-].[Cl-]. The summed E-state index contributed by atoms with van der Waals surface area (Å²) >= 11 is 1.80. The van der Waals surface area contributed by atoms with Gasteiger partial charge in [-0.1, -0.05) is 6.92 Å². The fourth-order valence-corrected chi connectivity index (χ4v) is 3.92. The summed E-state index contributed by atoms with van der Waals surface area (Å²) in [6.07, 6.45) is 7.01. The standard InChI is InChI=1S/C15H22N4S.2ClH/c1-2-12-10-13-14(17-11-18-15(13)20-12)16-6-9-19-7-4-3-5-8-19;;/h10-11H,2-9H2,1H3,(H,16,17,18);2*1H. The molecule has 0 spiro atoms. The van der Waals surface area contributed by atoms with Gasteiger partial charge in [-0.2, -0.15) is 4.98 Å². The summed E-state index contributed by atoms with van der Waals surface area (Å²) in [7, 11) is 0. The van der Waals surface area contributed by atoms with Crippen molar-refractivity contribution in [1.82, 2.24) is 9.97 Å². The number of hydrogen-bond acceptors (Lipinski definition) is 3. The van der Waals surface area contributed by atoms with E-state index in [4.69, 9.17) is 0 Å². The number of likely N-dealkylation sites (tertiary alicyclic amines) is 1. The Morgan fingerprint density at radius 3 is 2.68 bits per heavy atom. The maximum atomic E-state index is 4.47. The maximum absolute atomic E-state index is 4.47. The van der Waals surface area contributed by atoms with Gasteiger partial charge >= 0.3 is 0 Å². The number of aromatic nitrogens is 2. The van der Waals surface area contributed by atoms with Gasteiger partial charge in [0.2, 0.25) is 5.82 Å². The lowest BCUT2D eigenvalue weighted by Gasteiger charge is -2.22. The zero-order chi connectivity index (χ0) is 13.8. The first kappa shape index (κ1) is 19.6. The third-order valence-electron chi connectivity index (χ3n) is 4.16. The van der Waals surface area contributed by atoms with Crippen molar-refractivity contribution in [1.29, 1.82) is 0 Å². The highest BCUT2D eigenvalue weighted by Gasteiger charge is 2.15. The van der Waals surface area contributed by atoms with Crippen LogP contribution in [-0.2, 0) is 6.42 Å². The van der Waals surface area contributed by atoms with E-state index >= 15 is 0 Å². The van der Waals surface area contributed by atoms with Gasteiger partial charge in [-0.15, -0.1) is 11.3 Å². The number of piperidine rings is 1. The molecule has 7 heteroatoms. The Hall–Kier alpha value is -0.460. The molecule has 1 fully saturated rings. The van der Waals surface area contributed by atoms with Crippen molar-refractivity contribution >= 4 is 27.4 Å². The summed E-state index contributed by atoms with van der Waals surface area (Å²) in [5.74, 6) is 1.13. The molecule has 0 unspecified atom stereocenters. The highest BCUT2D eigenvalue weighted by Crippen LogP contribution is 2.26. The Bertz CT molecular complexity index is 570. The molecule has 0 bridgehead atoms. The number of rotatable bonds is 5. The number of halogens is 2. The van der Waals surface area contributed by atoms with Gasteiger partial charge in [-0.05, 0) is 31.7 Å². The van der Waals surface area contributed by atoms with Gasteiger partial charge < -0.3 is 29.7 Å². The molecule has 124 valence electrons. The van der Waals surface area contributed by atoms with Crippen LogP contribution < -0.4 is 35.0 Å². The van der Waals surface area contributed by atoms with Gasteiger partial charge in [0.15, 0.2) is 0 Å². The first-order chi connectivity index (χ1) is 9.86. The van der Waals surface area contributed by atoms with Crippen LogP contribution in [0.25, 0.3) is 10.2 Å². The molecule has 4 nitrogen and oxygen atoms in total. The highest BCUT2D eigenvalue weighted by molar-refractivity contribution is 7.18. The van der Waals surface area contributed by atoms with Crippen LogP contribution in [0.2, 0.25) is 0 Å². The van der Waals surface area contributed by atoms with Crippen molar-refractivity contribution < 1.29 is 35.0 Å². The Kier molecular flexibility index (Phi) is 8.57. The number of hydrogen-bond donors (Lipinski definition) is 2. The van der Waals surface area contributed by atoms with Gasteiger partial charge in [0.05, 0.1) is 18.5 Å². The molecule has 0 aliphatic carbocycles. The predicted molar refractivity (Wildman–Crippen MR) is 82.7 cm³/mol. The second-order valence-electron chi connectivity index (χ2n) is 5.60. The average Bonchev–Trinajstić information content (AvgIpc) is 2.92. The van der Waals surface area contributed by atoms with Crippen molar-refractivity contribution in [3.8, 4) is 0 Å². The van der Waals surface area contributed by atoms with Crippen LogP contribution in [0, 0.1) is 0 Å². The summed E-state index contributed by atoms with van der Waals surface area (Å²) in [4.78, 5) is 13.2. The van der Waals surface area contributed by atoms with Crippen LogP contribution in [-0.4, -0.2) is 36.1 Å². The first-order valence-electron chi connectivity index (χ1n) is 7.77. The minimum absolute atomic E-state index is 0.